The maximum Gasteiger partial charge on any atom is 0.311 e. The highest BCUT2D eigenvalue weighted by Gasteiger charge is 2.24. The Bertz CT molecular complexity index is 215. The van der Waals surface area contributed by atoms with Gasteiger partial charge in [-0.2, -0.15) is 0 Å². The second-order valence-corrected chi connectivity index (χ2v) is 4.12. The molecule has 0 bridgehead atoms. The molecule has 0 spiro atoms. The van der Waals surface area contributed by atoms with Gasteiger partial charge in [0.2, 0.25) is 0 Å². The third-order valence-electron chi connectivity index (χ3n) is 1.34. The molecule has 0 unspecified atom stereocenters. The van der Waals surface area contributed by atoms with Gasteiger partial charge in [0.1, 0.15) is 6.61 Å². The van der Waals surface area contributed by atoms with Crippen LogP contribution in [-0.4, -0.2) is 18.5 Å². The first-order valence-electron chi connectivity index (χ1n) is 4.41. The number of rotatable bonds is 3. The maximum absolute atomic E-state index is 11.3. The van der Waals surface area contributed by atoms with Crippen LogP contribution in [0.2, 0.25) is 0 Å². The first kappa shape index (κ1) is 12.9. The normalized spacial score (nSPS) is 11.3. The van der Waals surface area contributed by atoms with E-state index in [0.29, 0.717) is 6.10 Å². The van der Waals surface area contributed by atoms with Crippen LogP contribution < -0.4 is 0 Å². The van der Waals surface area contributed by atoms with Gasteiger partial charge in [-0.3, -0.25) is 9.59 Å². The van der Waals surface area contributed by atoms with E-state index in [9.17, 15) is 9.59 Å². The summed E-state index contributed by atoms with van der Waals surface area (Å²) in [5.74, 6) is -0.724. The molecule has 0 fully saturated rings. The summed E-state index contributed by atoms with van der Waals surface area (Å²) in [6.45, 7) is 8.20. The molecular weight excluding hydrogens is 184 g/mol. The predicted octanol–water partition coefficient (Wildman–Crippen LogP) is 1.69. The predicted molar refractivity (Wildman–Crippen MR) is 51.1 cm³/mol. The Hall–Kier alpha value is -1.06. The van der Waals surface area contributed by atoms with E-state index in [0.717, 1.165) is 0 Å². The molecule has 0 aromatic carbocycles. The average Bonchev–Trinajstić information content (AvgIpc) is 1.96. The number of hydrogen-bond donors (Lipinski definition) is 0. The fourth-order valence-electron chi connectivity index (χ4n) is 0.659. The largest absolute Gasteiger partial charge is 0.461 e. The van der Waals surface area contributed by atoms with Crippen LogP contribution >= 0.6 is 0 Å². The zero-order chi connectivity index (χ0) is 11.4. The van der Waals surface area contributed by atoms with Gasteiger partial charge in [0.25, 0.3) is 0 Å². The third-order valence-corrected chi connectivity index (χ3v) is 1.34. The molecule has 0 heterocycles. The highest BCUT2D eigenvalue weighted by atomic mass is 16.6. The molecule has 81 valence electrons. The van der Waals surface area contributed by atoms with Crippen LogP contribution in [0.4, 0.5) is 0 Å². The molecular formula is C10H17O4. The lowest BCUT2D eigenvalue weighted by atomic mass is 9.97. The summed E-state index contributed by atoms with van der Waals surface area (Å²) < 4.78 is 9.63. The summed E-state index contributed by atoms with van der Waals surface area (Å²) >= 11 is 0. The Balaban J connectivity index is 3.84. The molecule has 14 heavy (non-hydrogen) atoms. The Morgan fingerprint density at radius 3 is 2.00 bits per heavy atom. The van der Waals surface area contributed by atoms with E-state index in [-0.39, 0.29) is 12.6 Å². The van der Waals surface area contributed by atoms with Crippen molar-refractivity contribution in [2.45, 2.75) is 34.6 Å². The van der Waals surface area contributed by atoms with Crippen LogP contribution in [0.1, 0.15) is 34.6 Å². The molecule has 0 aliphatic heterocycles. The van der Waals surface area contributed by atoms with Gasteiger partial charge in [-0.1, -0.05) is 0 Å². The molecule has 4 heteroatoms. The lowest BCUT2D eigenvalue weighted by Gasteiger charge is -2.18. The fraction of sp³-hybridized carbons (Fsp3) is 0.700. The summed E-state index contributed by atoms with van der Waals surface area (Å²) in [5.41, 5.74) is -0.531. The maximum atomic E-state index is 11.3. The second-order valence-electron chi connectivity index (χ2n) is 4.12. The van der Waals surface area contributed by atoms with Crippen LogP contribution in [0, 0.1) is 11.5 Å². The minimum atomic E-state index is -0.531. The summed E-state index contributed by atoms with van der Waals surface area (Å²) in [6.07, 6.45) is 0.384. The van der Waals surface area contributed by atoms with Crippen LogP contribution in [0.5, 0.6) is 0 Å². The summed E-state index contributed by atoms with van der Waals surface area (Å²) in [5, 5.41) is 0. The Morgan fingerprint density at radius 1 is 1.14 bits per heavy atom. The minimum absolute atomic E-state index is 0.0235. The Labute approximate surface area is 84.6 Å². The van der Waals surface area contributed by atoms with Crippen LogP contribution in [0.3, 0.4) is 0 Å². The van der Waals surface area contributed by atoms with Crippen LogP contribution in [0.15, 0.2) is 0 Å². The highest BCUT2D eigenvalue weighted by Crippen LogP contribution is 2.16. The number of carbonyl (C=O) groups is 2. The molecule has 0 aliphatic rings. The molecule has 0 rings (SSSR count). The smallest absolute Gasteiger partial charge is 0.311 e. The molecule has 0 saturated carbocycles. The van der Waals surface area contributed by atoms with Crippen molar-refractivity contribution in [3.05, 3.63) is 6.10 Å². The topological polar surface area (TPSA) is 52.6 Å². The lowest BCUT2D eigenvalue weighted by molar-refractivity contribution is -0.156. The van der Waals surface area contributed by atoms with Gasteiger partial charge in [-0.25, -0.2) is 0 Å². The summed E-state index contributed by atoms with van der Waals surface area (Å²) in [4.78, 5) is 21.8. The second kappa shape index (κ2) is 4.98. The SMILES string of the molecule is C[C](COC(=O)C(C)(C)C)OC(C)=O. The summed E-state index contributed by atoms with van der Waals surface area (Å²) in [6, 6.07) is 0. The van der Waals surface area contributed by atoms with Gasteiger partial charge in [0, 0.05) is 6.92 Å². The molecule has 0 N–H and O–H groups in total. The number of esters is 2. The van der Waals surface area contributed by atoms with Crippen LogP contribution in [0.25, 0.3) is 0 Å². The van der Waals surface area contributed by atoms with Crippen molar-refractivity contribution < 1.29 is 19.1 Å². The van der Waals surface area contributed by atoms with E-state index in [1.807, 2.05) is 0 Å². The highest BCUT2D eigenvalue weighted by molar-refractivity contribution is 5.75. The lowest BCUT2D eigenvalue weighted by Crippen LogP contribution is -2.25. The van der Waals surface area contributed by atoms with Crippen molar-refractivity contribution in [1.82, 2.24) is 0 Å². The van der Waals surface area contributed by atoms with Crippen molar-refractivity contribution in [2.75, 3.05) is 6.61 Å². The van der Waals surface area contributed by atoms with E-state index in [4.69, 9.17) is 9.47 Å². The van der Waals surface area contributed by atoms with Gasteiger partial charge >= 0.3 is 11.9 Å². The van der Waals surface area contributed by atoms with E-state index in [1.165, 1.54) is 6.92 Å². The first-order chi connectivity index (χ1) is 6.23. The quantitative estimate of drug-likeness (QED) is 0.652. The average molecular weight is 201 g/mol. The Kier molecular flexibility index (Phi) is 4.60. The van der Waals surface area contributed by atoms with Crippen molar-refractivity contribution in [3.8, 4) is 0 Å². The number of hydrogen-bond acceptors (Lipinski definition) is 4. The van der Waals surface area contributed by atoms with Crippen molar-refractivity contribution in [2.24, 2.45) is 5.41 Å². The molecule has 0 atom stereocenters. The van der Waals surface area contributed by atoms with Gasteiger partial charge in [-0.05, 0) is 27.7 Å². The zero-order valence-corrected chi connectivity index (χ0v) is 9.34. The van der Waals surface area contributed by atoms with Gasteiger partial charge in [0.15, 0.2) is 6.10 Å². The standard InChI is InChI=1S/C10H17O4/c1-7(14-8(2)11)6-13-9(12)10(3,4)5/h6H2,1-5H3. The zero-order valence-electron chi connectivity index (χ0n) is 9.34. The van der Waals surface area contributed by atoms with E-state index < -0.39 is 11.4 Å². The van der Waals surface area contributed by atoms with Crippen molar-refractivity contribution in [3.63, 3.8) is 0 Å². The fourth-order valence-corrected chi connectivity index (χ4v) is 0.659. The molecule has 1 radical (unpaired) electrons. The first-order valence-corrected chi connectivity index (χ1v) is 4.41. The number of carbonyl (C=O) groups excluding carboxylic acids is 2. The molecule has 0 amide bonds. The molecule has 0 aromatic heterocycles. The van der Waals surface area contributed by atoms with Gasteiger partial charge in [0.05, 0.1) is 5.41 Å². The molecule has 0 saturated heterocycles. The third kappa shape index (κ3) is 5.56. The molecule has 4 nitrogen and oxygen atoms in total. The minimum Gasteiger partial charge on any atom is -0.461 e. The number of ether oxygens (including phenoxy) is 2. The molecule has 0 aliphatic carbocycles. The molecule has 0 aromatic rings. The van der Waals surface area contributed by atoms with Crippen molar-refractivity contribution >= 4 is 11.9 Å². The Morgan fingerprint density at radius 2 is 1.64 bits per heavy atom. The van der Waals surface area contributed by atoms with E-state index in [2.05, 4.69) is 0 Å². The van der Waals surface area contributed by atoms with Gasteiger partial charge in [-0.15, -0.1) is 0 Å². The van der Waals surface area contributed by atoms with Crippen molar-refractivity contribution in [1.29, 1.82) is 0 Å². The van der Waals surface area contributed by atoms with Gasteiger partial charge < -0.3 is 9.47 Å². The van der Waals surface area contributed by atoms with E-state index in [1.54, 1.807) is 27.7 Å². The summed E-state index contributed by atoms with van der Waals surface area (Å²) in [7, 11) is 0. The monoisotopic (exact) mass is 201 g/mol. The van der Waals surface area contributed by atoms with E-state index >= 15 is 0 Å². The van der Waals surface area contributed by atoms with Crippen LogP contribution in [-0.2, 0) is 19.1 Å².